The molecule has 5 nitrogen and oxygen atoms in total. The molecular formula is C11H11N5. The van der Waals surface area contributed by atoms with Gasteiger partial charge in [-0.15, -0.1) is 0 Å². The van der Waals surface area contributed by atoms with Crippen molar-refractivity contribution in [2.75, 3.05) is 5.73 Å². The van der Waals surface area contributed by atoms with E-state index in [1.807, 2.05) is 12.2 Å². The zero-order chi connectivity index (χ0) is 11.0. The number of nitrogens with two attached hydrogens (primary N) is 1. The van der Waals surface area contributed by atoms with Crippen molar-refractivity contribution in [2.45, 2.75) is 6.42 Å². The molecular weight excluding hydrogens is 202 g/mol. The Hall–Kier alpha value is -2.17. The summed E-state index contributed by atoms with van der Waals surface area (Å²) in [6, 6.07) is 0. The Balaban J connectivity index is 1.97. The number of nitrogens with zero attached hydrogens (tertiary/aromatic N) is 3. The number of H-pyrrole nitrogens is 1. The molecule has 0 unspecified atom stereocenters. The van der Waals surface area contributed by atoms with Gasteiger partial charge >= 0.3 is 0 Å². The molecule has 0 fully saturated rings. The zero-order valence-corrected chi connectivity index (χ0v) is 8.59. The van der Waals surface area contributed by atoms with Crippen molar-refractivity contribution < 1.29 is 0 Å². The molecule has 0 atom stereocenters. The molecule has 3 N–H and O–H groups in total. The van der Waals surface area contributed by atoms with E-state index in [-0.39, 0.29) is 0 Å². The molecule has 5 heteroatoms. The highest BCUT2D eigenvalue weighted by Crippen LogP contribution is 2.17. The first-order valence-corrected chi connectivity index (χ1v) is 5.13. The monoisotopic (exact) mass is 213 g/mol. The quantitative estimate of drug-likeness (QED) is 0.786. The van der Waals surface area contributed by atoms with Crippen LogP contribution in [0.3, 0.4) is 0 Å². The number of allylic oxidation sites excluding steroid dienone is 4. The highest BCUT2D eigenvalue weighted by atomic mass is 15.0. The molecule has 0 spiro atoms. The van der Waals surface area contributed by atoms with Gasteiger partial charge in [0.25, 0.3) is 0 Å². The van der Waals surface area contributed by atoms with Gasteiger partial charge in [-0.3, -0.25) is 0 Å². The van der Waals surface area contributed by atoms with E-state index in [0.29, 0.717) is 22.9 Å². The minimum absolute atomic E-state index is 0.371. The molecule has 80 valence electrons. The van der Waals surface area contributed by atoms with Gasteiger partial charge in [0.05, 0.1) is 6.33 Å². The number of hydrogen-bond acceptors (Lipinski definition) is 4. The van der Waals surface area contributed by atoms with Crippen LogP contribution in [-0.2, 0) is 6.42 Å². The van der Waals surface area contributed by atoms with Crippen LogP contribution < -0.4 is 5.73 Å². The number of imidazole rings is 1. The van der Waals surface area contributed by atoms with E-state index in [1.54, 1.807) is 6.33 Å². The van der Waals surface area contributed by atoms with E-state index < -0.39 is 0 Å². The van der Waals surface area contributed by atoms with Crippen LogP contribution in [-0.4, -0.2) is 19.9 Å². The van der Waals surface area contributed by atoms with Crippen LogP contribution in [0.1, 0.15) is 5.82 Å². The second-order valence-electron chi connectivity index (χ2n) is 3.76. The summed E-state index contributed by atoms with van der Waals surface area (Å²) in [4.78, 5) is 15.6. The maximum atomic E-state index is 5.82. The van der Waals surface area contributed by atoms with Crippen LogP contribution in [0.4, 0.5) is 5.82 Å². The van der Waals surface area contributed by atoms with Crippen LogP contribution >= 0.6 is 0 Å². The average molecular weight is 213 g/mol. The molecule has 16 heavy (non-hydrogen) atoms. The minimum Gasteiger partial charge on any atom is -0.382 e. The summed E-state index contributed by atoms with van der Waals surface area (Å²) in [5, 5.41) is 0. The number of aromatic nitrogens is 4. The summed E-state index contributed by atoms with van der Waals surface area (Å²) < 4.78 is 0. The van der Waals surface area contributed by atoms with E-state index in [4.69, 9.17) is 5.73 Å². The van der Waals surface area contributed by atoms with Gasteiger partial charge in [-0.1, -0.05) is 24.3 Å². The third-order valence-electron chi connectivity index (χ3n) is 2.61. The highest BCUT2D eigenvalue weighted by Gasteiger charge is 2.11. The van der Waals surface area contributed by atoms with Crippen molar-refractivity contribution in [1.29, 1.82) is 0 Å². The number of hydrogen-bond donors (Lipinski definition) is 2. The number of nitrogen functional groups attached to an aromatic ring is 1. The molecule has 1 aliphatic rings. The first-order chi connectivity index (χ1) is 7.83. The Kier molecular flexibility index (Phi) is 1.96. The van der Waals surface area contributed by atoms with Gasteiger partial charge in [-0.25, -0.2) is 15.0 Å². The van der Waals surface area contributed by atoms with Gasteiger partial charge < -0.3 is 10.7 Å². The average Bonchev–Trinajstić information content (AvgIpc) is 2.87. The normalized spacial score (nSPS) is 15.2. The molecule has 2 aromatic heterocycles. The number of fused-ring (bicyclic) bond motifs is 1. The molecule has 3 rings (SSSR count). The molecule has 0 saturated heterocycles. The van der Waals surface area contributed by atoms with Crippen molar-refractivity contribution in [3.63, 3.8) is 0 Å². The summed E-state index contributed by atoms with van der Waals surface area (Å²) >= 11 is 0. The first-order valence-electron chi connectivity index (χ1n) is 5.13. The lowest BCUT2D eigenvalue weighted by atomic mass is 10.1. The van der Waals surface area contributed by atoms with E-state index >= 15 is 0 Å². The van der Waals surface area contributed by atoms with Crippen molar-refractivity contribution in [1.82, 2.24) is 19.9 Å². The maximum absolute atomic E-state index is 5.82. The van der Waals surface area contributed by atoms with Gasteiger partial charge in [0, 0.05) is 12.3 Å². The molecule has 0 bridgehead atoms. The van der Waals surface area contributed by atoms with Crippen molar-refractivity contribution in [2.24, 2.45) is 5.92 Å². The number of anilines is 1. The van der Waals surface area contributed by atoms with Crippen LogP contribution in [0.25, 0.3) is 11.2 Å². The van der Waals surface area contributed by atoms with E-state index in [1.165, 1.54) is 0 Å². The summed E-state index contributed by atoms with van der Waals surface area (Å²) in [5.41, 5.74) is 7.16. The van der Waals surface area contributed by atoms with Crippen LogP contribution in [0.2, 0.25) is 0 Å². The first kappa shape index (κ1) is 9.08. The lowest BCUT2D eigenvalue weighted by Crippen LogP contribution is -2.05. The second-order valence-corrected chi connectivity index (χ2v) is 3.76. The molecule has 1 aliphatic carbocycles. The molecule has 2 heterocycles. The number of nitrogens with one attached hydrogen (secondary N) is 1. The van der Waals surface area contributed by atoms with Crippen molar-refractivity contribution in [3.8, 4) is 0 Å². The Morgan fingerprint density at radius 1 is 1.25 bits per heavy atom. The topological polar surface area (TPSA) is 80.5 Å². The molecule has 0 aliphatic heterocycles. The lowest BCUT2D eigenvalue weighted by Gasteiger charge is -2.04. The van der Waals surface area contributed by atoms with Crippen LogP contribution in [0, 0.1) is 5.92 Å². The van der Waals surface area contributed by atoms with Gasteiger partial charge in [-0.05, 0) is 0 Å². The predicted molar refractivity (Wildman–Crippen MR) is 61.6 cm³/mol. The van der Waals surface area contributed by atoms with E-state index in [2.05, 4.69) is 32.1 Å². The van der Waals surface area contributed by atoms with Crippen molar-refractivity contribution in [3.05, 3.63) is 36.5 Å². The summed E-state index contributed by atoms with van der Waals surface area (Å²) in [5.74, 6) is 1.57. The predicted octanol–water partition coefficient (Wildman–Crippen LogP) is 1.22. The third kappa shape index (κ3) is 1.46. The summed E-state index contributed by atoms with van der Waals surface area (Å²) in [6.07, 6.45) is 10.6. The number of rotatable bonds is 2. The van der Waals surface area contributed by atoms with Gasteiger partial charge in [0.1, 0.15) is 11.3 Å². The van der Waals surface area contributed by atoms with Crippen LogP contribution in [0.15, 0.2) is 30.6 Å². The SMILES string of the molecule is Nc1nc(CC2C=CC=C2)nc2nc[nH]c12. The fourth-order valence-corrected chi connectivity index (χ4v) is 1.82. The summed E-state index contributed by atoms with van der Waals surface area (Å²) in [6.45, 7) is 0. The standard InChI is InChI=1S/C11H11N5/c12-10-9-11(14-6-13-9)16-8(15-10)5-7-3-1-2-4-7/h1-4,6-7H,5H2,(H3,12,13,14,15,16). The lowest BCUT2D eigenvalue weighted by molar-refractivity contribution is 0.764. The number of aromatic amines is 1. The Morgan fingerprint density at radius 3 is 2.88 bits per heavy atom. The fourth-order valence-electron chi connectivity index (χ4n) is 1.82. The minimum atomic E-state index is 0.371. The highest BCUT2D eigenvalue weighted by molar-refractivity contribution is 5.80. The van der Waals surface area contributed by atoms with Gasteiger partial charge in [-0.2, -0.15) is 0 Å². The van der Waals surface area contributed by atoms with Gasteiger partial charge in [0.15, 0.2) is 11.5 Å². The Bertz CT molecular complexity index is 569. The molecule has 0 saturated carbocycles. The van der Waals surface area contributed by atoms with Crippen molar-refractivity contribution >= 4 is 17.0 Å². The molecule has 2 aromatic rings. The largest absolute Gasteiger partial charge is 0.382 e. The summed E-state index contributed by atoms with van der Waals surface area (Å²) in [7, 11) is 0. The maximum Gasteiger partial charge on any atom is 0.183 e. The second kappa shape index (κ2) is 3.44. The van der Waals surface area contributed by atoms with E-state index in [9.17, 15) is 0 Å². The van der Waals surface area contributed by atoms with E-state index in [0.717, 1.165) is 12.2 Å². The third-order valence-corrected chi connectivity index (χ3v) is 2.61. The van der Waals surface area contributed by atoms with Gasteiger partial charge in [0.2, 0.25) is 0 Å². The smallest absolute Gasteiger partial charge is 0.183 e. The van der Waals surface area contributed by atoms with Crippen LogP contribution in [0.5, 0.6) is 0 Å². The molecule has 0 radical (unpaired) electrons. The fraction of sp³-hybridized carbons (Fsp3) is 0.182. The molecule has 0 amide bonds. The molecule has 0 aromatic carbocycles. The Morgan fingerprint density at radius 2 is 2.06 bits per heavy atom. The zero-order valence-electron chi connectivity index (χ0n) is 8.59. The Labute approximate surface area is 92.1 Å².